The Morgan fingerprint density at radius 3 is 2.32 bits per heavy atom. The quantitative estimate of drug-likeness (QED) is 0.370. The van der Waals surface area contributed by atoms with E-state index in [4.69, 9.17) is 18.7 Å². The Morgan fingerprint density at radius 1 is 1.00 bits per heavy atom. The number of carbonyl (C=O) groups excluding carboxylic acids is 1. The fourth-order valence-electron chi connectivity index (χ4n) is 4.34. The molecule has 1 saturated heterocycles. The molecule has 1 aromatic carbocycles. The lowest BCUT2D eigenvalue weighted by atomic mass is 10.1. The fraction of sp³-hybridized carbons (Fsp3) is 0.346. The second kappa shape index (κ2) is 10.8. The maximum absolute atomic E-state index is 13.2. The van der Waals surface area contributed by atoms with Gasteiger partial charge in [-0.1, -0.05) is 12.1 Å². The number of hydrogen-bond acceptors (Lipinski definition) is 10. The summed E-state index contributed by atoms with van der Waals surface area (Å²) in [5.74, 6) is 3.37. The highest BCUT2D eigenvalue weighted by atomic mass is 16.5. The first-order valence-corrected chi connectivity index (χ1v) is 12.2. The Balaban J connectivity index is 1.23. The molecule has 1 amide bonds. The molecule has 1 aliphatic heterocycles. The van der Waals surface area contributed by atoms with Crippen molar-refractivity contribution in [2.75, 3.05) is 52.4 Å². The van der Waals surface area contributed by atoms with Crippen LogP contribution in [-0.2, 0) is 6.42 Å². The molecule has 0 saturated carbocycles. The van der Waals surface area contributed by atoms with E-state index in [2.05, 4.69) is 30.2 Å². The van der Waals surface area contributed by atoms with E-state index in [1.165, 1.54) is 0 Å². The Morgan fingerprint density at radius 2 is 1.74 bits per heavy atom. The molecule has 0 radical (unpaired) electrons. The summed E-state index contributed by atoms with van der Waals surface area (Å²) in [7, 11) is 4.66. The van der Waals surface area contributed by atoms with E-state index in [9.17, 15) is 4.79 Å². The number of hydrogen-bond donors (Lipinski definition) is 1. The van der Waals surface area contributed by atoms with E-state index < -0.39 is 0 Å². The minimum absolute atomic E-state index is 0.108. The lowest BCUT2D eigenvalue weighted by Crippen LogP contribution is -2.49. The number of nitrogens with zero attached hydrogens (tertiary/aromatic N) is 6. The number of carbonyl (C=O) groups is 1. The molecular weight excluding hydrogens is 490 g/mol. The number of aryl methyl sites for hydroxylation is 1. The summed E-state index contributed by atoms with van der Waals surface area (Å²) in [5.41, 5.74) is 2.55. The molecule has 0 aliphatic carbocycles. The van der Waals surface area contributed by atoms with Gasteiger partial charge in [-0.05, 0) is 30.3 Å². The number of pyridine rings is 1. The molecule has 5 rings (SSSR count). The van der Waals surface area contributed by atoms with Crippen molar-refractivity contribution < 1.29 is 23.5 Å². The number of aromatic nitrogens is 5. The highest BCUT2D eigenvalue weighted by molar-refractivity contribution is 5.93. The predicted molar refractivity (Wildman–Crippen MR) is 139 cm³/mol. The number of H-pyrrole nitrogens is 1. The molecule has 198 valence electrons. The van der Waals surface area contributed by atoms with Crippen LogP contribution in [0.2, 0.25) is 0 Å². The third-order valence-corrected chi connectivity index (χ3v) is 6.44. The van der Waals surface area contributed by atoms with Crippen LogP contribution in [0.3, 0.4) is 0 Å². The van der Waals surface area contributed by atoms with Crippen molar-refractivity contribution in [2.45, 2.75) is 13.3 Å². The Bertz CT molecular complexity index is 1380. The first kappa shape index (κ1) is 25.1. The molecule has 1 N–H and O–H groups in total. The topological polar surface area (TPSA) is 132 Å². The third kappa shape index (κ3) is 4.84. The molecular formula is C26H29N7O5. The minimum Gasteiger partial charge on any atom is -0.493 e. The van der Waals surface area contributed by atoms with Gasteiger partial charge in [0.25, 0.3) is 5.91 Å². The van der Waals surface area contributed by atoms with Gasteiger partial charge in [-0.3, -0.25) is 9.89 Å². The highest BCUT2D eigenvalue weighted by Crippen LogP contribution is 2.40. The molecule has 4 heterocycles. The van der Waals surface area contributed by atoms with E-state index in [1.807, 2.05) is 24.0 Å². The van der Waals surface area contributed by atoms with Crippen molar-refractivity contribution in [1.29, 1.82) is 0 Å². The Kier molecular flexibility index (Phi) is 7.11. The maximum atomic E-state index is 13.2. The second-order valence-electron chi connectivity index (χ2n) is 8.63. The van der Waals surface area contributed by atoms with E-state index in [1.54, 1.807) is 45.7 Å². The molecule has 4 aromatic rings. The van der Waals surface area contributed by atoms with Crippen molar-refractivity contribution in [3.8, 4) is 39.9 Å². The maximum Gasteiger partial charge on any atom is 0.272 e. The zero-order chi connectivity index (χ0) is 26.6. The van der Waals surface area contributed by atoms with Gasteiger partial charge in [-0.2, -0.15) is 10.1 Å². The van der Waals surface area contributed by atoms with E-state index in [0.29, 0.717) is 73.0 Å². The number of methoxy groups -OCH3 is 3. The molecule has 12 heteroatoms. The van der Waals surface area contributed by atoms with Gasteiger partial charge in [0.05, 0.1) is 27.0 Å². The number of amides is 1. The zero-order valence-electron chi connectivity index (χ0n) is 21.7. The number of piperazine rings is 1. The fourth-order valence-corrected chi connectivity index (χ4v) is 4.34. The second-order valence-corrected chi connectivity index (χ2v) is 8.63. The average Bonchev–Trinajstić information content (AvgIpc) is 3.67. The van der Waals surface area contributed by atoms with Crippen LogP contribution in [0.1, 0.15) is 23.3 Å². The molecule has 0 atom stereocenters. The van der Waals surface area contributed by atoms with Crippen molar-refractivity contribution in [3.63, 3.8) is 0 Å². The molecule has 0 bridgehead atoms. The summed E-state index contributed by atoms with van der Waals surface area (Å²) >= 11 is 0. The van der Waals surface area contributed by atoms with Crippen LogP contribution in [0.5, 0.6) is 17.2 Å². The molecule has 38 heavy (non-hydrogen) atoms. The summed E-state index contributed by atoms with van der Waals surface area (Å²) in [4.78, 5) is 26.1. The van der Waals surface area contributed by atoms with Crippen LogP contribution in [0.4, 0.5) is 5.82 Å². The largest absolute Gasteiger partial charge is 0.493 e. The van der Waals surface area contributed by atoms with E-state index >= 15 is 0 Å². The SMILES string of the molecule is CCc1nc(-c2ccc(N3CCN(C(=O)c4cc(-c5cc(OC)c(OC)c(OC)c5)n[nH]4)CC3)nc2)no1. The van der Waals surface area contributed by atoms with Crippen LogP contribution in [0.15, 0.2) is 41.1 Å². The lowest BCUT2D eigenvalue weighted by molar-refractivity contribution is 0.0740. The van der Waals surface area contributed by atoms with Crippen molar-refractivity contribution in [3.05, 3.63) is 48.1 Å². The monoisotopic (exact) mass is 519 g/mol. The smallest absolute Gasteiger partial charge is 0.272 e. The summed E-state index contributed by atoms with van der Waals surface area (Å²) in [6, 6.07) is 9.19. The normalized spacial score (nSPS) is 13.5. The predicted octanol–water partition coefficient (Wildman–Crippen LogP) is 3.07. The van der Waals surface area contributed by atoms with Gasteiger partial charge in [0.2, 0.25) is 17.5 Å². The first-order valence-electron chi connectivity index (χ1n) is 12.2. The number of anilines is 1. The van der Waals surface area contributed by atoms with Crippen molar-refractivity contribution >= 4 is 11.7 Å². The summed E-state index contributed by atoms with van der Waals surface area (Å²) in [6.07, 6.45) is 2.43. The summed E-state index contributed by atoms with van der Waals surface area (Å²) < 4.78 is 21.4. The van der Waals surface area contributed by atoms with Gasteiger partial charge in [0.1, 0.15) is 11.5 Å². The lowest BCUT2D eigenvalue weighted by Gasteiger charge is -2.35. The highest BCUT2D eigenvalue weighted by Gasteiger charge is 2.25. The average molecular weight is 520 g/mol. The van der Waals surface area contributed by atoms with Gasteiger partial charge in [-0.25, -0.2) is 4.98 Å². The first-order chi connectivity index (χ1) is 18.5. The molecule has 0 spiro atoms. The summed E-state index contributed by atoms with van der Waals surface area (Å²) in [6.45, 7) is 4.41. The third-order valence-electron chi connectivity index (χ3n) is 6.44. The molecule has 1 aliphatic rings. The minimum atomic E-state index is -0.108. The van der Waals surface area contributed by atoms with Crippen LogP contribution in [-0.4, -0.2) is 83.6 Å². The van der Waals surface area contributed by atoms with Gasteiger partial charge in [0, 0.05) is 49.9 Å². The van der Waals surface area contributed by atoms with Crippen LogP contribution in [0, 0.1) is 0 Å². The number of aromatic amines is 1. The van der Waals surface area contributed by atoms with Gasteiger partial charge < -0.3 is 28.5 Å². The van der Waals surface area contributed by atoms with Crippen LogP contribution >= 0.6 is 0 Å². The van der Waals surface area contributed by atoms with Gasteiger partial charge >= 0.3 is 0 Å². The van der Waals surface area contributed by atoms with E-state index in [-0.39, 0.29) is 5.91 Å². The zero-order valence-corrected chi connectivity index (χ0v) is 21.7. The number of benzene rings is 1. The Labute approximate surface area is 219 Å². The Hall–Kier alpha value is -4.61. The van der Waals surface area contributed by atoms with Gasteiger partial charge in [-0.15, -0.1) is 0 Å². The molecule has 12 nitrogen and oxygen atoms in total. The van der Waals surface area contributed by atoms with Crippen molar-refractivity contribution in [2.24, 2.45) is 0 Å². The number of nitrogens with one attached hydrogen (secondary N) is 1. The van der Waals surface area contributed by atoms with E-state index in [0.717, 1.165) is 16.9 Å². The van der Waals surface area contributed by atoms with Crippen LogP contribution in [0.25, 0.3) is 22.6 Å². The number of ether oxygens (including phenoxy) is 3. The van der Waals surface area contributed by atoms with Crippen molar-refractivity contribution in [1.82, 2.24) is 30.2 Å². The van der Waals surface area contributed by atoms with Crippen LogP contribution < -0.4 is 19.1 Å². The molecule has 0 unspecified atom stereocenters. The summed E-state index contributed by atoms with van der Waals surface area (Å²) in [5, 5.41) is 11.2. The molecule has 1 fully saturated rings. The van der Waals surface area contributed by atoms with Gasteiger partial charge in [0.15, 0.2) is 11.5 Å². The number of rotatable bonds is 8. The standard InChI is InChI=1S/C26H29N7O5/c1-5-23-28-25(31-38-23)16-6-7-22(27-15-16)32-8-10-33(11-9-32)26(34)19-14-18(29-30-19)17-12-20(35-2)24(37-4)21(13-17)36-3/h6-7,12-15H,5,8-11H2,1-4H3,(H,29,30). The molecule has 3 aromatic heterocycles.